The topological polar surface area (TPSA) is 49.8 Å². The Morgan fingerprint density at radius 3 is 2.83 bits per heavy atom. The molecule has 1 fully saturated rings. The molecule has 0 bridgehead atoms. The summed E-state index contributed by atoms with van der Waals surface area (Å²) in [6.45, 7) is 2.48. The Bertz CT molecular complexity index is 476. The molecule has 1 aliphatic heterocycles. The number of ether oxygens (including phenoxy) is 1. The van der Waals surface area contributed by atoms with Gasteiger partial charge in [0.25, 0.3) is 0 Å². The van der Waals surface area contributed by atoms with Crippen molar-refractivity contribution in [3.63, 3.8) is 0 Å². The first-order valence-electron chi connectivity index (χ1n) is 5.82. The lowest BCUT2D eigenvalue weighted by Gasteiger charge is -2.20. The fraction of sp³-hybridized carbons (Fsp3) is 0.462. The largest absolute Gasteiger partial charge is 0.495 e. The van der Waals surface area contributed by atoms with Crippen molar-refractivity contribution in [2.45, 2.75) is 13.3 Å². The van der Waals surface area contributed by atoms with Gasteiger partial charge in [-0.1, -0.05) is 11.6 Å². The Morgan fingerprint density at radius 1 is 1.56 bits per heavy atom. The Balaban J connectivity index is 2.34. The third-order valence-electron chi connectivity index (χ3n) is 3.22. The number of carbonyl (C=O) groups is 1. The third kappa shape index (κ3) is 2.31. The standard InChI is InChI=1S/C13H16ClNO3/c1-8-3-12(18-2)10(14)5-11(8)15-6-9(7-16)4-13(15)17/h3,5,9,16H,4,6-7H2,1-2H3. The normalized spacial score (nSPS) is 19.4. The number of benzene rings is 1. The van der Waals surface area contributed by atoms with Gasteiger partial charge in [0, 0.05) is 31.2 Å². The molecule has 1 heterocycles. The van der Waals surface area contributed by atoms with Gasteiger partial charge in [0.2, 0.25) is 5.91 Å². The van der Waals surface area contributed by atoms with Gasteiger partial charge >= 0.3 is 0 Å². The predicted octanol–water partition coefficient (Wildman–Crippen LogP) is 2.00. The lowest BCUT2D eigenvalue weighted by atomic mass is 10.1. The van der Waals surface area contributed by atoms with Gasteiger partial charge in [-0.25, -0.2) is 0 Å². The molecular weight excluding hydrogens is 254 g/mol. The molecule has 0 spiro atoms. The maximum atomic E-state index is 11.9. The molecular formula is C13H16ClNO3. The zero-order valence-corrected chi connectivity index (χ0v) is 11.2. The summed E-state index contributed by atoms with van der Waals surface area (Å²) >= 11 is 6.09. The van der Waals surface area contributed by atoms with Gasteiger partial charge in [0.05, 0.1) is 12.1 Å². The van der Waals surface area contributed by atoms with E-state index in [-0.39, 0.29) is 18.4 Å². The molecule has 1 aromatic carbocycles. The van der Waals surface area contributed by atoms with Crippen LogP contribution in [0, 0.1) is 12.8 Å². The number of anilines is 1. The minimum atomic E-state index is 0.0118. The molecule has 1 unspecified atom stereocenters. The van der Waals surface area contributed by atoms with Crippen LogP contribution in [0.3, 0.4) is 0 Å². The fourth-order valence-electron chi connectivity index (χ4n) is 2.23. The first-order chi connectivity index (χ1) is 8.56. The fourth-order valence-corrected chi connectivity index (χ4v) is 2.46. The molecule has 1 aliphatic rings. The number of amides is 1. The second-order valence-corrected chi connectivity index (χ2v) is 4.94. The van der Waals surface area contributed by atoms with Crippen LogP contribution >= 0.6 is 11.6 Å². The van der Waals surface area contributed by atoms with Crippen molar-refractivity contribution in [1.82, 2.24) is 0 Å². The van der Waals surface area contributed by atoms with E-state index in [1.807, 2.05) is 13.0 Å². The molecule has 1 amide bonds. The second-order valence-electron chi connectivity index (χ2n) is 4.53. The minimum absolute atomic E-state index is 0.0118. The van der Waals surface area contributed by atoms with Crippen molar-refractivity contribution in [1.29, 1.82) is 0 Å². The van der Waals surface area contributed by atoms with Crippen LogP contribution in [0.4, 0.5) is 5.69 Å². The van der Waals surface area contributed by atoms with E-state index in [9.17, 15) is 4.79 Å². The molecule has 0 aliphatic carbocycles. The van der Waals surface area contributed by atoms with Gasteiger partial charge in [-0.05, 0) is 24.6 Å². The summed E-state index contributed by atoms with van der Waals surface area (Å²) in [5.41, 5.74) is 1.73. The van der Waals surface area contributed by atoms with Crippen LogP contribution in [-0.2, 0) is 4.79 Å². The maximum Gasteiger partial charge on any atom is 0.227 e. The van der Waals surface area contributed by atoms with E-state index in [1.54, 1.807) is 18.1 Å². The molecule has 1 N–H and O–H groups in total. The molecule has 18 heavy (non-hydrogen) atoms. The van der Waals surface area contributed by atoms with Crippen LogP contribution in [0.15, 0.2) is 12.1 Å². The number of halogens is 1. The Labute approximate surface area is 111 Å². The molecule has 0 saturated carbocycles. The van der Waals surface area contributed by atoms with Crippen molar-refractivity contribution in [3.8, 4) is 5.75 Å². The number of aryl methyl sites for hydroxylation is 1. The van der Waals surface area contributed by atoms with Crippen LogP contribution < -0.4 is 9.64 Å². The highest BCUT2D eigenvalue weighted by molar-refractivity contribution is 6.32. The Kier molecular flexibility index (Phi) is 3.78. The summed E-state index contributed by atoms with van der Waals surface area (Å²) in [6.07, 6.45) is 0.388. The van der Waals surface area contributed by atoms with Gasteiger partial charge < -0.3 is 14.7 Å². The van der Waals surface area contributed by atoms with Crippen molar-refractivity contribution >= 4 is 23.2 Å². The molecule has 0 aromatic heterocycles. The number of rotatable bonds is 3. The highest BCUT2D eigenvalue weighted by Crippen LogP contribution is 2.35. The molecule has 5 heteroatoms. The monoisotopic (exact) mass is 269 g/mol. The Morgan fingerprint density at radius 2 is 2.28 bits per heavy atom. The van der Waals surface area contributed by atoms with Gasteiger partial charge in [-0.3, -0.25) is 4.79 Å². The Hall–Kier alpha value is -1.26. The number of nitrogens with zero attached hydrogens (tertiary/aromatic N) is 1. The summed E-state index contributed by atoms with van der Waals surface area (Å²) in [6, 6.07) is 3.56. The smallest absolute Gasteiger partial charge is 0.227 e. The SMILES string of the molecule is COc1cc(C)c(N2CC(CO)CC2=O)cc1Cl. The first-order valence-corrected chi connectivity index (χ1v) is 6.20. The summed E-state index contributed by atoms with van der Waals surface area (Å²) in [5, 5.41) is 9.61. The van der Waals surface area contributed by atoms with Crippen LogP contribution in [0.2, 0.25) is 5.02 Å². The lowest BCUT2D eigenvalue weighted by Crippen LogP contribution is -2.25. The molecule has 4 nitrogen and oxygen atoms in total. The molecule has 1 saturated heterocycles. The highest BCUT2D eigenvalue weighted by Gasteiger charge is 2.31. The molecule has 1 aromatic rings. The lowest BCUT2D eigenvalue weighted by molar-refractivity contribution is -0.117. The quantitative estimate of drug-likeness (QED) is 0.913. The van der Waals surface area contributed by atoms with E-state index in [2.05, 4.69) is 0 Å². The highest BCUT2D eigenvalue weighted by atomic mass is 35.5. The van der Waals surface area contributed by atoms with Gasteiger partial charge in [-0.15, -0.1) is 0 Å². The molecule has 0 radical (unpaired) electrons. The zero-order valence-electron chi connectivity index (χ0n) is 10.4. The van der Waals surface area contributed by atoms with Gasteiger partial charge in [-0.2, -0.15) is 0 Å². The van der Waals surface area contributed by atoms with Crippen molar-refractivity contribution in [2.24, 2.45) is 5.92 Å². The average molecular weight is 270 g/mol. The van der Waals surface area contributed by atoms with Crippen LogP contribution in [0.25, 0.3) is 0 Å². The number of hydrogen-bond donors (Lipinski definition) is 1. The molecule has 2 rings (SSSR count). The summed E-state index contributed by atoms with van der Waals surface area (Å²) in [5.74, 6) is 0.638. The first kappa shape index (κ1) is 13.2. The number of aliphatic hydroxyl groups excluding tert-OH is 1. The zero-order chi connectivity index (χ0) is 13.3. The van der Waals surface area contributed by atoms with Crippen molar-refractivity contribution in [3.05, 3.63) is 22.7 Å². The summed E-state index contributed by atoms with van der Waals surface area (Å²) in [4.78, 5) is 13.6. The van der Waals surface area contributed by atoms with E-state index >= 15 is 0 Å². The second kappa shape index (κ2) is 5.16. The van der Waals surface area contributed by atoms with Crippen LogP contribution in [-0.4, -0.2) is 31.3 Å². The number of methoxy groups -OCH3 is 1. The van der Waals surface area contributed by atoms with E-state index < -0.39 is 0 Å². The number of aliphatic hydroxyl groups is 1. The number of carbonyl (C=O) groups excluding carboxylic acids is 1. The summed E-state index contributed by atoms with van der Waals surface area (Å²) < 4.78 is 5.14. The van der Waals surface area contributed by atoms with E-state index in [0.717, 1.165) is 11.3 Å². The van der Waals surface area contributed by atoms with E-state index in [1.165, 1.54) is 0 Å². The maximum absolute atomic E-state index is 11.9. The van der Waals surface area contributed by atoms with E-state index in [4.69, 9.17) is 21.4 Å². The van der Waals surface area contributed by atoms with Crippen LogP contribution in [0.5, 0.6) is 5.75 Å². The van der Waals surface area contributed by atoms with Crippen LogP contribution in [0.1, 0.15) is 12.0 Å². The van der Waals surface area contributed by atoms with Crippen molar-refractivity contribution < 1.29 is 14.6 Å². The van der Waals surface area contributed by atoms with Gasteiger partial charge in [0.1, 0.15) is 5.75 Å². The van der Waals surface area contributed by atoms with Gasteiger partial charge in [0.15, 0.2) is 0 Å². The average Bonchev–Trinajstić information content (AvgIpc) is 2.73. The predicted molar refractivity (Wildman–Crippen MR) is 70.3 cm³/mol. The minimum Gasteiger partial charge on any atom is -0.495 e. The third-order valence-corrected chi connectivity index (χ3v) is 3.52. The van der Waals surface area contributed by atoms with Crippen molar-refractivity contribution in [2.75, 3.05) is 25.2 Å². The molecule has 98 valence electrons. The number of hydrogen-bond acceptors (Lipinski definition) is 3. The molecule has 1 atom stereocenters. The van der Waals surface area contributed by atoms with E-state index in [0.29, 0.717) is 23.7 Å². The summed E-state index contributed by atoms with van der Waals surface area (Å²) in [7, 11) is 1.56.